The third-order valence-corrected chi connectivity index (χ3v) is 3.70. The number of carbonyl (C=O) groups excluding carboxylic acids is 2. The van der Waals surface area contributed by atoms with Crippen LogP contribution < -0.4 is 15.4 Å². The SMILES string of the molecule is O=C(CCc1ccc2c(c1)NC(=O)CO2)Nc1ccc(Cl)cc1. The van der Waals surface area contributed by atoms with Crippen LogP contribution in [0.1, 0.15) is 12.0 Å². The number of carbonyl (C=O) groups is 2. The van der Waals surface area contributed by atoms with Crippen LogP contribution in [-0.4, -0.2) is 18.4 Å². The Morgan fingerprint density at radius 1 is 1.22 bits per heavy atom. The summed E-state index contributed by atoms with van der Waals surface area (Å²) in [5.41, 5.74) is 2.32. The first-order chi connectivity index (χ1) is 11.1. The molecule has 6 heteroatoms. The Labute approximate surface area is 138 Å². The average Bonchev–Trinajstić information content (AvgIpc) is 2.54. The topological polar surface area (TPSA) is 67.4 Å². The second-order valence-corrected chi connectivity index (χ2v) is 5.66. The third-order valence-electron chi connectivity index (χ3n) is 3.45. The van der Waals surface area contributed by atoms with Gasteiger partial charge in [-0.15, -0.1) is 0 Å². The maximum absolute atomic E-state index is 12.0. The Hall–Kier alpha value is -2.53. The number of hydrogen-bond donors (Lipinski definition) is 2. The van der Waals surface area contributed by atoms with E-state index in [9.17, 15) is 9.59 Å². The van der Waals surface area contributed by atoms with Crippen molar-refractivity contribution in [1.29, 1.82) is 0 Å². The van der Waals surface area contributed by atoms with Crippen LogP contribution in [0.3, 0.4) is 0 Å². The summed E-state index contributed by atoms with van der Waals surface area (Å²) in [5.74, 6) is 0.402. The highest BCUT2D eigenvalue weighted by Gasteiger charge is 2.16. The van der Waals surface area contributed by atoms with Crippen LogP contribution in [0.15, 0.2) is 42.5 Å². The van der Waals surface area contributed by atoms with Gasteiger partial charge in [-0.25, -0.2) is 0 Å². The maximum Gasteiger partial charge on any atom is 0.262 e. The number of nitrogens with one attached hydrogen (secondary N) is 2. The van der Waals surface area contributed by atoms with E-state index < -0.39 is 0 Å². The summed E-state index contributed by atoms with van der Waals surface area (Å²) in [6.07, 6.45) is 0.915. The van der Waals surface area contributed by atoms with Crippen LogP contribution in [0.2, 0.25) is 5.02 Å². The molecule has 0 saturated heterocycles. The van der Waals surface area contributed by atoms with Crippen LogP contribution in [0.4, 0.5) is 11.4 Å². The molecule has 0 fully saturated rings. The Bertz CT molecular complexity index is 744. The summed E-state index contributed by atoms with van der Waals surface area (Å²) >= 11 is 5.80. The van der Waals surface area contributed by atoms with Gasteiger partial charge in [0.2, 0.25) is 5.91 Å². The zero-order chi connectivity index (χ0) is 16.2. The van der Waals surface area contributed by atoms with E-state index in [4.69, 9.17) is 16.3 Å². The Balaban J connectivity index is 1.57. The number of ether oxygens (including phenoxy) is 1. The summed E-state index contributed by atoms with van der Waals surface area (Å²) in [5, 5.41) is 6.20. The van der Waals surface area contributed by atoms with Crippen LogP contribution in [-0.2, 0) is 16.0 Å². The zero-order valence-electron chi connectivity index (χ0n) is 12.3. The predicted molar refractivity (Wildman–Crippen MR) is 89.0 cm³/mol. The van der Waals surface area contributed by atoms with Gasteiger partial charge in [-0.05, 0) is 48.4 Å². The molecule has 2 amide bonds. The highest BCUT2D eigenvalue weighted by Crippen LogP contribution is 2.28. The van der Waals surface area contributed by atoms with E-state index in [0.29, 0.717) is 35.0 Å². The number of fused-ring (bicyclic) bond motifs is 1. The normalized spacial score (nSPS) is 12.8. The standard InChI is InChI=1S/C17H15ClN2O3/c18-12-3-5-13(6-4-12)19-16(21)8-2-11-1-7-15-14(9-11)20-17(22)10-23-15/h1,3-7,9H,2,8,10H2,(H,19,21)(H,20,22). The van der Waals surface area contributed by atoms with E-state index in [1.165, 1.54) is 0 Å². The van der Waals surface area contributed by atoms with Crippen molar-refractivity contribution in [2.24, 2.45) is 0 Å². The number of hydrogen-bond acceptors (Lipinski definition) is 3. The number of aryl methyl sites for hydroxylation is 1. The number of rotatable bonds is 4. The summed E-state index contributed by atoms with van der Waals surface area (Å²) < 4.78 is 5.30. The minimum Gasteiger partial charge on any atom is -0.482 e. The van der Waals surface area contributed by atoms with Crippen LogP contribution in [0, 0.1) is 0 Å². The van der Waals surface area contributed by atoms with Gasteiger partial charge in [0.25, 0.3) is 5.91 Å². The molecule has 1 aliphatic heterocycles. The summed E-state index contributed by atoms with van der Waals surface area (Å²) in [6.45, 7) is 0.0375. The van der Waals surface area contributed by atoms with E-state index in [-0.39, 0.29) is 18.4 Å². The van der Waals surface area contributed by atoms with E-state index in [1.807, 2.05) is 12.1 Å². The molecular weight excluding hydrogens is 316 g/mol. The number of benzene rings is 2. The van der Waals surface area contributed by atoms with Gasteiger partial charge in [0.05, 0.1) is 5.69 Å². The van der Waals surface area contributed by atoms with E-state index in [2.05, 4.69) is 10.6 Å². The van der Waals surface area contributed by atoms with Crippen LogP contribution in [0.25, 0.3) is 0 Å². The maximum atomic E-state index is 12.0. The lowest BCUT2D eigenvalue weighted by Gasteiger charge is -2.18. The summed E-state index contributed by atoms with van der Waals surface area (Å²) in [7, 11) is 0. The van der Waals surface area contributed by atoms with Crippen LogP contribution in [0.5, 0.6) is 5.75 Å². The molecule has 0 aliphatic carbocycles. The molecule has 23 heavy (non-hydrogen) atoms. The molecule has 2 aromatic rings. The van der Waals surface area contributed by atoms with Crippen molar-refractivity contribution in [3.05, 3.63) is 53.1 Å². The average molecular weight is 331 g/mol. The highest BCUT2D eigenvalue weighted by atomic mass is 35.5. The molecule has 3 rings (SSSR count). The molecule has 0 radical (unpaired) electrons. The van der Waals surface area contributed by atoms with Gasteiger partial charge >= 0.3 is 0 Å². The predicted octanol–water partition coefficient (Wildman–Crippen LogP) is 3.24. The van der Waals surface area contributed by atoms with Gasteiger partial charge in [0.15, 0.2) is 6.61 Å². The largest absolute Gasteiger partial charge is 0.482 e. The van der Waals surface area contributed by atoms with E-state index >= 15 is 0 Å². The van der Waals surface area contributed by atoms with Crippen molar-refractivity contribution < 1.29 is 14.3 Å². The van der Waals surface area contributed by atoms with E-state index in [0.717, 1.165) is 5.56 Å². The van der Waals surface area contributed by atoms with Gasteiger partial charge in [-0.3, -0.25) is 9.59 Å². The number of halogens is 1. The lowest BCUT2D eigenvalue weighted by molar-refractivity contribution is -0.118. The Morgan fingerprint density at radius 3 is 2.78 bits per heavy atom. The Morgan fingerprint density at radius 2 is 2.00 bits per heavy atom. The molecule has 0 unspecified atom stereocenters. The van der Waals surface area contributed by atoms with Crippen molar-refractivity contribution >= 4 is 34.8 Å². The molecule has 118 valence electrons. The molecule has 0 aromatic heterocycles. The molecule has 0 bridgehead atoms. The van der Waals surface area contributed by atoms with E-state index in [1.54, 1.807) is 30.3 Å². The van der Waals surface area contributed by atoms with Gasteiger partial charge in [-0.1, -0.05) is 17.7 Å². The fraction of sp³-hybridized carbons (Fsp3) is 0.176. The molecule has 0 saturated carbocycles. The molecular formula is C17H15ClN2O3. The Kier molecular flexibility index (Phi) is 4.48. The van der Waals surface area contributed by atoms with Crippen molar-refractivity contribution in [3.8, 4) is 5.75 Å². The third kappa shape index (κ3) is 4.02. The van der Waals surface area contributed by atoms with Gasteiger partial charge in [0.1, 0.15) is 5.75 Å². The molecule has 2 aromatic carbocycles. The molecule has 0 spiro atoms. The van der Waals surface area contributed by atoms with Gasteiger partial charge in [-0.2, -0.15) is 0 Å². The molecule has 5 nitrogen and oxygen atoms in total. The number of amides is 2. The minimum absolute atomic E-state index is 0.0375. The first-order valence-electron chi connectivity index (χ1n) is 7.21. The molecule has 2 N–H and O–H groups in total. The van der Waals surface area contributed by atoms with Crippen molar-refractivity contribution in [2.75, 3.05) is 17.2 Å². The summed E-state index contributed by atoms with van der Waals surface area (Å²) in [4.78, 5) is 23.3. The lowest BCUT2D eigenvalue weighted by Crippen LogP contribution is -2.25. The second-order valence-electron chi connectivity index (χ2n) is 5.22. The smallest absolute Gasteiger partial charge is 0.262 e. The zero-order valence-corrected chi connectivity index (χ0v) is 13.0. The lowest BCUT2D eigenvalue weighted by atomic mass is 10.1. The van der Waals surface area contributed by atoms with Crippen molar-refractivity contribution in [2.45, 2.75) is 12.8 Å². The molecule has 0 atom stereocenters. The second kappa shape index (κ2) is 6.71. The summed E-state index contributed by atoms with van der Waals surface area (Å²) in [6, 6.07) is 12.5. The fourth-order valence-electron chi connectivity index (χ4n) is 2.30. The highest BCUT2D eigenvalue weighted by molar-refractivity contribution is 6.30. The molecule has 1 heterocycles. The van der Waals surface area contributed by atoms with Gasteiger partial charge < -0.3 is 15.4 Å². The fourth-order valence-corrected chi connectivity index (χ4v) is 2.43. The molecule has 1 aliphatic rings. The first kappa shape index (κ1) is 15.4. The minimum atomic E-state index is -0.171. The van der Waals surface area contributed by atoms with Crippen LogP contribution >= 0.6 is 11.6 Å². The van der Waals surface area contributed by atoms with Crippen molar-refractivity contribution in [1.82, 2.24) is 0 Å². The van der Waals surface area contributed by atoms with Gasteiger partial charge in [0, 0.05) is 17.1 Å². The number of anilines is 2. The quantitative estimate of drug-likeness (QED) is 0.904. The first-order valence-corrected chi connectivity index (χ1v) is 7.59. The monoisotopic (exact) mass is 330 g/mol. The van der Waals surface area contributed by atoms with Crippen molar-refractivity contribution in [3.63, 3.8) is 0 Å².